The van der Waals surface area contributed by atoms with Gasteiger partial charge in [-0.25, -0.2) is 8.78 Å². The lowest BCUT2D eigenvalue weighted by molar-refractivity contribution is -0.144. The van der Waals surface area contributed by atoms with Gasteiger partial charge in [0.05, 0.1) is 5.92 Å². The van der Waals surface area contributed by atoms with Crippen LogP contribution in [0.2, 0.25) is 0 Å². The van der Waals surface area contributed by atoms with Crippen LogP contribution in [0.5, 0.6) is 0 Å². The van der Waals surface area contributed by atoms with Gasteiger partial charge in [-0.15, -0.1) is 0 Å². The summed E-state index contributed by atoms with van der Waals surface area (Å²) in [5.41, 5.74) is 2.34. The summed E-state index contributed by atoms with van der Waals surface area (Å²) in [5, 5.41) is 9.08. The van der Waals surface area contributed by atoms with Gasteiger partial charge in [-0.2, -0.15) is 0 Å². The van der Waals surface area contributed by atoms with Crippen molar-refractivity contribution in [1.82, 2.24) is 4.90 Å². The molecule has 0 unspecified atom stereocenters. The van der Waals surface area contributed by atoms with Gasteiger partial charge in [0.25, 0.3) is 0 Å². The van der Waals surface area contributed by atoms with Crippen LogP contribution in [0.15, 0.2) is 42.5 Å². The number of nitrogens with zero attached hydrogens (tertiary/aromatic N) is 1. The molecule has 3 rings (SSSR count). The Balaban J connectivity index is 1.90. The SMILES string of the molecule is CC(C)c1ccccc1-c1ccc(F)c(F)c1C=CC(=O)N1CCC(C(=O)O)CC1. The third-order valence-electron chi connectivity index (χ3n) is 5.55. The minimum atomic E-state index is -1.00. The van der Waals surface area contributed by atoms with Gasteiger partial charge in [0, 0.05) is 24.7 Å². The van der Waals surface area contributed by atoms with Gasteiger partial charge < -0.3 is 10.0 Å². The van der Waals surface area contributed by atoms with Gasteiger partial charge in [-0.1, -0.05) is 44.2 Å². The summed E-state index contributed by atoms with van der Waals surface area (Å²) >= 11 is 0. The topological polar surface area (TPSA) is 57.6 Å². The predicted molar refractivity (Wildman–Crippen MR) is 112 cm³/mol. The molecule has 0 radical (unpaired) electrons. The molecular formula is C24H25F2NO3. The molecule has 1 aliphatic heterocycles. The van der Waals surface area contributed by atoms with Gasteiger partial charge in [0.15, 0.2) is 11.6 Å². The van der Waals surface area contributed by atoms with E-state index >= 15 is 0 Å². The zero-order chi connectivity index (χ0) is 21.8. The van der Waals surface area contributed by atoms with Crippen molar-refractivity contribution < 1.29 is 23.5 Å². The molecule has 0 atom stereocenters. The van der Waals surface area contributed by atoms with E-state index in [1.165, 1.54) is 23.1 Å². The maximum atomic E-state index is 14.7. The summed E-state index contributed by atoms with van der Waals surface area (Å²) < 4.78 is 28.7. The molecule has 0 aliphatic carbocycles. The molecule has 2 aromatic rings. The molecule has 4 nitrogen and oxygen atoms in total. The van der Waals surface area contributed by atoms with Crippen LogP contribution in [0.1, 0.15) is 43.7 Å². The number of hydrogen-bond acceptors (Lipinski definition) is 2. The van der Waals surface area contributed by atoms with Crippen LogP contribution in [0.4, 0.5) is 8.78 Å². The molecule has 1 N–H and O–H groups in total. The lowest BCUT2D eigenvalue weighted by atomic mass is 9.90. The Morgan fingerprint density at radius 2 is 1.73 bits per heavy atom. The highest BCUT2D eigenvalue weighted by Crippen LogP contribution is 2.34. The summed E-state index contributed by atoms with van der Waals surface area (Å²) in [5.74, 6) is -3.44. The number of piperidine rings is 1. The fraction of sp³-hybridized carbons (Fsp3) is 0.333. The van der Waals surface area contributed by atoms with Crippen LogP contribution in [-0.2, 0) is 9.59 Å². The second-order valence-electron chi connectivity index (χ2n) is 7.84. The average molecular weight is 413 g/mol. The second kappa shape index (κ2) is 9.20. The molecule has 0 saturated carbocycles. The van der Waals surface area contributed by atoms with E-state index in [0.717, 1.165) is 17.2 Å². The van der Waals surface area contributed by atoms with Crippen molar-refractivity contribution >= 4 is 18.0 Å². The fourth-order valence-electron chi connectivity index (χ4n) is 3.82. The largest absolute Gasteiger partial charge is 0.481 e. The zero-order valence-electron chi connectivity index (χ0n) is 17.1. The quantitative estimate of drug-likeness (QED) is 0.695. The van der Waals surface area contributed by atoms with Crippen molar-refractivity contribution in [3.8, 4) is 11.1 Å². The van der Waals surface area contributed by atoms with Gasteiger partial charge in [0.1, 0.15) is 0 Å². The van der Waals surface area contributed by atoms with Crippen molar-refractivity contribution in [2.75, 3.05) is 13.1 Å². The Hall–Kier alpha value is -3.02. The summed E-state index contributed by atoms with van der Waals surface area (Å²) in [7, 11) is 0. The predicted octanol–water partition coefficient (Wildman–Crippen LogP) is 5.09. The summed E-state index contributed by atoms with van der Waals surface area (Å²) in [4.78, 5) is 25.1. The number of carboxylic acid groups (broad SMARTS) is 1. The van der Waals surface area contributed by atoms with E-state index in [-0.39, 0.29) is 17.4 Å². The molecule has 158 valence electrons. The third-order valence-corrected chi connectivity index (χ3v) is 5.55. The molecule has 0 aromatic heterocycles. The smallest absolute Gasteiger partial charge is 0.306 e. The number of halogens is 2. The lowest BCUT2D eigenvalue weighted by Crippen LogP contribution is -2.39. The minimum absolute atomic E-state index is 0.0249. The molecule has 1 heterocycles. The number of likely N-dealkylation sites (tertiary alicyclic amines) is 1. The van der Waals surface area contributed by atoms with Crippen molar-refractivity contribution in [2.45, 2.75) is 32.6 Å². The van der Waals surface area contributed by atoms with Gasteiger partial charge >= 0.3 is 5.97 Å². The number of carbonyl (C=O) groups is 2. The standard InChI is InChI=1S/C24H25F2NO3/c1-15(2)17-5-3-4-6-18(17)19-7-9-21(25)23(26)20(19)8-10-22(28)27-13-11-16(12-14-27)24(29)30/h3-10,15-16H,11-14H2,1-2H3,(H,29,30). The van der Waals surface area contributed by atoms with E-state index in [2.05, 4.69) is 0 Å². The lowest BCUT2D eigenvalue weighted by Gasteiger charge is -2.29. The minimum Gasteiger partial charge on any atom is -0.481 e. The van der Waals surface area contributed by atoms with Crippen LogP contribution < -0.4 is 0 Å². The third kappa shape index (κ3) is 4.58. The average Bonchev–Trinajstić information content (AvgIpc) is 2.74. The number of amides is 1. The van der Waals surface area contributed by atoms with Crippen LogP contribution in [0.3, 0.4) is 0 Å². The molecule has 6 heteroatoms. The summed E-state index contributed by atoms with van der Waals surface area (Å²) in [6, 6.07) is 10.2. The van der Waals surface area contributed by atoms with Crippen molar-refractivity contribution in [1.29, 1.82) is 0 Å². The first-order valence-corrected chi connectivity index (χ1v) is 10.1. The first-order chi connectivity index (χ1) is 14.3. The highest BCUT2D eigenvalue weighted by Gasteiger charge is 2.26. The molecule has 2 aromatic carbocycles. The van der Waals surface area contributed by atoms with E-state index in [9.17, 15) is 18.4 Å². The number of benzene rings is 2. The fourth-order valence-corrected chi connectivity index (χ4v) is 3.82. The Morgan fingerprint density at radius 3 is 2.37 bits per heavy atom. The highest BCUT2D eigenvalue weighted by molar-refractivity contribution is 5.93. The van der Waals surface area contributed by atoms with E-state index in [0.29, 0.717) is 31.5 Å². The Labute approximate surface area is 174 Å². The van der Waals surface area contributed by atoms with Crippen LogP contribution in [-0.4, -0.2) is 35.0 Å². The second-order valence-corrected chi connectivity index (χ2v) is 7.84. The first-order valence-electron chi connectivity index (χ1n) is 10.1. The van der Waals surface area contributed by atoms with E-state index in [4.69, 9.17) is 5.11 Å². The monoisotopic (exact) mass is 413 g/mol. The normalized spacial score (nSPS) is 15.2. The van der Waals surface area contributed by atoms with Crippen LogP contribution in [0.25, 0.3) is 17.2 Å². The Bertz CT molecular complexity index is 976. The number of aliphatic carboxylic acids is 1. The molecule has 30 heavy (non-hydrogen) atoms. The Morgan fingerprint density at radius 1 is 1.07 bits per heavy atom. The molecule has 1 saturated heterocycles. The van der Waals surface area contributed by atoms with Crippen molar-refractivity contribution in [2.24, 2.45) is 5.92 Å². The maximum absolute atomic E-state index is 14.7. The van der Waals surface area contributed by atoms with Crippen LogP contribution >= 0.6 is 0 Å². The number of carboxylic acids is 1. The molecule has 1 amide bonds. The summed E-state index contributed by atoms with van der Waals surface area (Å²) in [6.07, 6.45) is 3.32. The molecular weight excluding hydrogens is 388 g/mol. The zero-order valence-corrected chi connectivity index (χ0v) is 17.1. The molecule has 0 spiro atoms. The first kappa shape index (κ1) is 21.7. The van der Waals surface area contributed by atoms with E-state index in [1.54, 1.807) is 0 Å². The van der Waals surface area contributed by atoms with E-state index in [1.807, 2.05) is 38.1 Å². The molecule has 1 aliphatic rings. The van der Waals surface area contributed by atoms with Gasteiger partial charge in [-0.3, -0.25) is 9.59 Å². The molecule has 1 fully saturated rings. The molecule has 0 bridgehead atoms. The van der Waals surface area contributed by atoms with Crippen molar-refractivity contribution in [3.63, 3.8) is 0 Å². The van der Waals surface area contributed by atoms with Crippen molar-refractivity contribution in [3.05, 3.63) is 65.2 Å². The number of rotatable bonds is 5. The van der Waals surface area contributed by atoms with Gasteiger partial charge in [0.2, 0.25) is 5.91 Å². The summed E-state index contributed by atoms with van der Waals surface area (Å²) in [6.45, 7) is 4.71. The number of hydrogen-bond donors (Lipinski definition) is 1. The van der Waals surface area contributed by atoms with Crippen LogP contribution in [0, 0.1) is 17.6 Å². The van der Waals surface area contributed by atoms with Gasteiger partial charge in [-0.05, 0) is 47.6 Å². The maximum Gasteiger partial charge on any atom is 0.306 e. The number of carbonyl (C=O) groups excluding carboxylic acids is 1. The Kier molecular flexibility index (Phi) is 6.65. The highest BCUT2D eigenvalue weighted by atomic mass is 19.2. The van der Waals surface area contributed by atoms with E-state index < -0.39 is 23.5 Å².